The second-order valence-corrected chi connectivity index (χ2v) is 2.56. The van der Waals surface area contributed by atoms with Crippen LogP contribution in [-0.2, 0) is 11.1 Å². The zero-order chi connectivity index (χ0) is 6.73. The third-order valence-corrected chi connectivity index (χ3v) is 1.47. The lowest BCUT2D eigenvalue weighted by atomic mass is 10.5. The summed E-state index contributed by atoms with van der Waals surface area (Å²) in [6, 6.07) is 0. The Hall–Kier alpha value is -0.0300. The molecule has 0 bridgehead atoms. The van der Waals surface area contributed by atoms with Crippen LogP contribution in [0, 0.1) is 0 Å². The fourth-order valence-electron chi connectivity index (χ4n) is 0.0840. The lowest BCUT2D eigenvalue weighted by molar-refractivity contribution is 0.146. The summed E-state index contributed by atoms with van der Waals surface area (Å²) >= 11 is -2.64. The van der Waals surface area contributed by atoms with Crippen LogP contribution >= 0.6 is 0 Å². The van der Waals surface area contributed by atoms with E-state index in [9.17, 15) is 17.5 Å². The van der Waals surface area contributed by atoms with Crippen LogP contribution in [0.1, 0.15) is 6.92 Å². The van der Waals surface area contributed by atoms with Gasteiger partial charge in [-0.05, 0) is 18.0 Å². The zero-order valence-electron chi connectivity index (χ0n) is 4.14. The average molecular weight is 143 g/mol. The van der Waals surface area contributed by atoms with E-state index in [0.29, 0.717) is 0 Å². The Morgan fingerprint density at radius 1 is 1.62 bits per heavy atom. The molecule has 2 nitrogen and oxygen atoms in total. The molecule has 2 unspecified atom stereocenters. The van der Waals surface area contributed by atoms with E-state index in [-0.39, 0.29) is 0 Å². The highest BCUT2D eigenvalue weighted by Gasteiger charge is 2.13. The smallest absolute Gasteiger partial charge is 0.251 e. The highest BCUT2D eigenvalue weighted by atomic mass is 32.2. The number of rotatable bonds is 2. The summed E-state index contributed by atoms with van der Waals surface area (Å²) in [5.74, 6) is 0. The monoisotopic (exact) mass is 143 g/mol. The lowest BCUT2D eigenvalue weighted by Gasteiger charge is -2.11. The summed E-state index contributed by atoms with van der Waals surface area (Å²) in [6.45, 7) is 0.952. The molecule has 0 rings (SSSR count). The van der Waals surface area contributed by atoms with E-state index >= 15 is 0 Å². The predicted octanol–water partition coefficient (Wildman–Crippen LogP) is 0.519. The van der Waals surface area contributed by atoms with Gasteiger partial charge in [-0.25, -0.2) is 8.78 Å². The van der Waals surface area contributed by atoms with Gasteiger partial charge in [0.2, 0.25) is 0 Å². The van der Waals surface area contributed by atoms with Gasteiger partial charge in [0.25, 0.3) is 6.43 Å². The van der Waals surface area contributed by atoms with Crippen molar-refractivity contribution in [1.29, 1.82) is 0 Å². The van der Waals surface area contributed by atoms with Crippen LogP contribution in [0.15, 0.2) is 0 Å². The van der Waals surface area contributed by atoms with Crippen molar-refractivity contribution >= 4 is 11.1 Å². The molecule has 0 heterocycles. The number of hydrogen-bond donors (Lipinski definition) is 0. The fraction of sp³-hybridized carbons (Fsp3) is 1.00. The topological polar surface area (TPSA) is 40.1 Å². The molecule has 0 aliphatic rings. The molecule has 2 atom stereocenters. The Balaban J connectivity index is 3.64. The molecule has 0 N–H and O–H groups in total. The molecule has 0 aromatic heterocycles. The van der Waals surface area contributed by atoms with Gasteiger partial charge in [-0.3, -0.25) is 4.21 Å². The maximum absolute atomic E-state index is 11.3. The fourth-order valence-corrected chi connectivity index (χ4v) is 0.252. The summed E-state index contributed by atoms with van der Waals surface area (Å²) in [6.07, 6.45) is -2.77. The number of hydrogen-bond acceptors (Lipinski definition) is 2. The van der Waals surface area contributed by atoms with Crippen LogP contribution in [0.5, 0.6) is 0 Å². The van der Waals surface area contributed by atoms with E-state index in [1.54, 1.807) is 0 Å². The quantitative estimate of drug-likeness (QED) is 0.528. The van der Waals surface area contributed by atoms with Crippen molar-refractivity contribution in [3.8, 4) is 0 Å². The second kappa shape index (κ2) is 3.09. The molecule has 8 heavy (non-hydrogen) atoms. The van der Waals surface area contributed by atoms with Crippen LogP contribution < -0.4 is 0 Å². The third-order valence-electron chi connectivity index (χ3n) is 0.658. The Kier molecular flexibility index (Phi) is 3.08. The molecule has 5 heteroatoms. The maximum atomic E-state index is 11.3. The molecule has 0 saturated heterocycles. The van der Waals surface area contributed by atoms with Gasteiger partial charge in [-0.15, -0.1) is 0 Å². The van der Waals surface area contributed by atoms with Crippen molar-refractivity contribution in [3.05, 3.63) is 0 Å². The molecule has 0 saturated carbocycles. The standard InChI is InChI=1S/C3H6F2O2S/c1-2(3(4)5)8(6)7/h2-3H,1H3,(H,6,7)/p-1. The minimum Gasteiger partial charge on any atom is -0.772 e. The van der Waals surface area contributed by atoms with Gasteiger partial charge in [0, 0.05) is 0 Å². The largest absolute Gasteiger partial charge is 0.772 e. The van der Waals surface area contributed by atoms with E-state index in [2.05, 4.69) is 0 Å². The molecule has 0 aromatic carbocycles. The molecule has 50 valence electrons. The third kappa shape index (κ3) is 2.32. The van der Waals surface area contributed by atoms with Crippen LogP contribution in [-0.4, -0.2) is 20.4 Å². The Labute approximate surface area is 48.2 Å². The second-order valence-electron chi connectivity index (χ2n) is 1.30. The summed E-state index contributed by atoms with van der Waals surface area (Å²) in [5, 5.41) is -1.55. The van der Waals surface area contributed by atoms with Crippen molar-refractivity contribution < 1.29 is 17.5 Å². The molecule has 0 spiro atoms. The van der Waals surface area contributed by atoms with Crippen molar-refractivity contribution in [3.63, 3.8) is 0 Å². The molecular weight excluding hydrogens is 138 g/mol. The number of alkyl halides is 2. The van der Waals surface area contributed by atoms with Crippen molar-refractivity contribution in [2.24, 2.45) is 0 Å². The summed E-state index contributed by atoms with van der Waals surface area (Å²) in [5.41, 5.74) is 0. The molecule has 0 radical (unpaired) electrons. The van der Waals surface area contributed by atoms with Gasteiger partial charge in [0.15, 0.2) is 0 Å². The predicted molar refractivity (Wildman–Crippen MR) is 24.4 cm³/mol. The first-order valence-corrected chi connectivity index (χ1v) is 3.05. The molecule has 0 aliphatic carbocycles. The van der Waals surface area contributed by atoms with Crippen LogP contribution in [0.2, 0.25) is 0 Å². The first kappa shape index (κ1) is 7.97. The maximum Gasteiger partial charge on any atom is 0.251 e. The van der Waals surface area contributed by atoms with Gasteiger partial charge in [0.05, 0.1) is 5.25 Å². The van der Waals surface area contributed by atoms with Gasteiger partial charge in [-0.2, -0.15) is 0 Å². The summed E-state index contributed by atoms with van der Waals surface area (Å²) in [7, 11) is 0. The Morgan fingerprint density at radius 2 is 2.00 bits per heavy atom. The first-order valence-electron chi connectivity index (χ1n) is 1.92. The average Bonchev–Trinajstić information content (AvgIpc) is 1.64. The number of halogens is 2. The van der Waals surface area contributed by atoms with Crippen molar-refractivity contribution in [2.75, 3.05) is 0 Å². The van der Waals surface area contributed by atoms with E-state index in [1.807, 2.05) is 0 Å². The minimum atomic E-state index is -2.77. The van der Waals surface area contributed by atoms with Gasteiger partial charge in [0.1, 0.15) is 0 Å². The lowest BCUT2D eigenvalue weighted by Crippen LogP contribution is -2.18. The summed E-state index contributed by atoms with van der Waals surface area (Å²) in [4.78, 5) is 0. The normalized spacial score (nSPS) is 18.6. The highest BCUT2D eigenvalue weighted by Crippen LogP contribution is 2.04. The van der Waals surface area contributed by atoms with E-state index in [0.717, 1.165) is 6.92 Å². The molecular formula is C3H5F2O2S-. The molecule has 0 aromatic rings. The van der Waals surface area contributed by atoms with Crippen LogP contribution in [0.3, 0.4) is 0 Å². The van der Waals surface area contributed by atoms with Gasteiger partial charge >= 0.3 is 0 Å². The van der Waals surface area contributed by atoms with Gasteiger partial charge in [-0.1, -0.05) is 0 Å². The van der Waals surface area contributed by atoms with Crippen LogP contribution in [0.4, 0.5) is 8.78 Å². The van der Waals surface area contributed by atoms with E-state index in [4.69, 9.17) is 0 Å². The molecule has 0 fully saturated rings. The van der Waals surface area contributed by atoms with E-state index in [1.165, 1.54) is 0 Å². The van der Waals surface area contributed by atoms with Gasteiger partial charge < -0.3 is 4.55 Å². The highest BCUT2D eigenvalue weighted by molar-refractivity contribution is 7.79. The Bertz CT molecular complexity index is 95.3. The SMILES string of the molecule is CC(C(F)F)S(=O)[O-]. The molecule has 0 amide bonds. The molecule has 0 aliphatic heterocycles. The van der Waals surface area contributed by atoms with Crippen molar-refractivity contribution in [1.82, 2.24) is 0 Å². The Morgan fingerprint density at radius 3 is 2.00 bits per heavy atom. The first-order chi connectivity index (χ1) is 3.55. The van der Waals surface area contributed by atoms with Crippen molar-refractivity contribution in [2.45, 2.75) is 18.6 Å². The minimum absolute atomic E-state index is 0.952. The zero-order valence-corrected chi connectivity index (χ0v) is 4.95. The van der Waals surface area contributed by atoms with E-state index < -0.39 is 22.8 Å². The van der Waals surface area contributed by atoms with Crippen LogP contribution in [0.25, 0.3) is 0 Å². The summed E-state index contributed by atoms with van der Waals surface area (Å²) < 4.78 is 41.9.